The van der Waals surface area contributed by atoms with Crippen LogP contribution in [0.15, 0.2) is 30.3 Å². The SMILES string of the molecule is CCCCN(C)C(=O)c1cc(Nc2cccc(OC)c2)nc(C)n1. The van der Waals surface area contributed by atoms with E-state index in [1.165, 1.54) is 0 Å². The summed E-state index contributed by atoms with van der Waals surface area (Å²) in [6, 6.07) is 9.21. The highest BCUT2D eigenvalue weighted by molar-refractivity contribution is 5.93. The number of unbranched alkanes of at least 4 members (excludes halogenated alkanes) is 1. The molecular formula is C18H24N4O2. The Bertz CT molecular complexity index is 703. The molecule has 1 aromatic heterocycles. The molecule has 0 bridgehead atoms. The van der Waals surface area contributed by atoms with Gasteiger partial charge in [-0.2, -0.15) is 0 Å². The predicted molar refractivity (Wildman–Crippen MR) is 94.9 cm³/mol. The molecule has 0 fully saturated rings. The van der Waals surface area contributed by atoms with Crippen LogP contribution in [0.2, 0.25) is 0 Å². The van der Waals surface area contributed by atoms with Gasteiger partial charge in [0.15, 0.2) is 0 Å². The van der Waals surface area contributed by atoms with Crippen molar-refractivity contribution in [3.8, 4) is 5.75 Å². The van der Waals surface area contributed by atoms with Crippen LogP contribution in [0.4, 0.5) is 11.5 Å². The van der Waals surface area contributed by atoms with E-state index in [1.807, 2.05) is 24.3 Å². The lowest BCUT2D eigenvalue weighted by Gasteiger charge is -2.17. The molecule has 0 atom stereocenters. The number of aromatic nitrogens is 2. The number of nitrogens with zero attached hydrogens (tertiary/aromatic N) is 3. The van der Waals surface area contributed by atoms with Gasteiger partial charge in [-0.25, -0.2) is 9.97 Å². The van der Waals surface area contributed by atoms with Crippen molar-refractivity contribution in [1.29, 1.82) is 0 Å². The van der Waals surface area contributed by atoms with Gasteiger partial charge in [-0.3, -0.25) is 4.79 Å². The van der Waals surface area contributed by atoms with E-state index in [-0.39, 0.29) is 5.91 Å². The Hall–Kier alpha value is -2.63. The minimum absolute atomic E-state index is 0.0948. The van der Waals surface area contributed by atoms with Gasteiger partial charge in [-0.15, -0.1) is 0 Å². The third-order valence-corrected chi connectivity index (χ3v) is 3.59. The summed E-state index contributed by atoms with van der Waals surface area (Å²) in [7, 11) is 3.42. The fourth-order valence-electron chi connectivity index (χ4n) is 2.28. The highest BCUT2D eigenvalue weighted by Crippen LogP contribution is 2.21. The van der Waals surface area contributed by atoms with Gasteiger partial charge in [-0.1, -0.05) is 19.4 Å². The average molecular weight is 328 g/mol. The number of hydrogen-bond acceptors (Lipinski definition) is 5. The summed E-state index contributed by atoms with van der Waals surface area (Å²) in [5.41, 5.74) is 1.23. The quantitative estimate of drug-likeness (QED) is 0.843. The Labute approximate surface area is 142 Å². The first-order chi connectivity index (χ1) is 11.5. The molecule has 0 saturated heterocycles. The maximum atomic E-state index is 12.5. The van der Waals surface area contributed by atoms with Crippen molar-refractivity contribution in [3.05, 3.63) is 41.9 Å². The fourth-order valence-corrected chi connectivity index (χ4v) is 2.28. The zero-order valence-electron chi connectivity index (χ0n) is 14.7. The van der Waals surface area contributed by atoms with E-state index in [9.17, 15) is 4.79 Å². The molecule has 0 radical (unpaired) electrons. The number of hydrogen-bond donors (Lipinski definition) is 1. The van der Waals surface area contributed by atoms with Gasteiger partial charge in [0.2, 0.25) is 0 Å². The lowest BCUT2D eigenvalue weighted by atomic mass is 10.2. The second-order valence-corrected chi connectivity index (χ2v) is 5.62. The molecule has 1 N–H and O–H groups in total. The van der Waals surface area contributed by atoms with Crippen molar-refractivity contribution in [1.82, 2.24) is 14.9 Å². The number of benzene rings is 1. The van der Waals surface area contributed by atoms with Crippen molar-refractivity contribution in [2.24, 2.45) is 0 Å². The summed E-state index contributed by atoms with van der Waals surface area (Å²) < 4.78 is 5.21. The van der Waals surface area contributed by atoms with Gasteiger partial charge in [0.1, 0.15) is 23.1 Å². The molecule has 0 aliphatic heterocycles. The number of carbonyl (C=O) groups is 1. The number of rotatable bonds is 7. The summed E-state index contributed by atoms with van der Waals surface area (Å²) in [6.45, 7) is 4.60. The molecule has 2 rings (SSSR count). The van der Waals surface area contributed by atoms with E-state index in [2.05, 4.69) is 22.2 Å². The lowest BCUT2D eigenvalue weighted by Crippen LogP contribution is -2.28. The molecule has 0 unspecified atom stereocenters. The molecule has 1 amide bonds. The van der Waals surface area contributed by atoms with E-state index in [0.29, 0.717) is 17.3 Å². The fraction of sp³-hybridized carbons (Fsp3) is 0.389. The highest BCUT2D eigenvalue weighted by atomic mass is 16.5. The molecule has 2 aromatic rings. The van der Waals surface area contributed by atoms with Crippen LogP contribution in [-0.2, 0) is 0 Å². The summed E-state index contributed by atoms with van der Waals surface area (Å²) in [5.74, 6) is 1.79. The minimum Gasteiger partial charge on any atom is -0.497 e. The topological polar surface area (TPSA) is 67.4 Å². The lowest BCUT2D eigenvalue weighted by molar-refractivity contribution is 0.0787. The van der Waals surface area contributed by atoms with Crippen LogP contribution in [0, 0.1) is 6.92 Å². The number of methoxy groups -OCH3 is 1. The molecule has 0 spiro atoms. The number of amides is 1. The van der Waals surface area contributed by atoms with E-state index in [0.717, 1.165) is 30.8 Å². The van der Waals surface area contributed by atoms with E-state index in [1.54, 1.807) is 32.0 Å². The molecule has 24 heavy (non-hydrogen) atoms. The van der Waals surface area contributed by atoms with Crippen LogP contribution in [0.25, 0.3) is 0 Å². The Morgan fingerprint density at radius 1 is 1.29 bits per heavy atom. The zero-order chi connectivity index (χ0) is 17.5. The number of ether oxygens (including phenoxy) is 1. The van der Waals surface area contributed by atoms with E-state index in [4.69, 9.17) is 4.74 Å². The van der Waals surface area contributed by atoms with Crippen molar-refractivity contribution in [3.63, 3.8) is 0 Å². The molecule has 0 aliphatic rings. The Balaban J connectivity index is 2.20. The first-order valence-corrected chi connectivity index (χ1v) is 8.05. The maximum Gasteiger partial charge on any atom is 0.272 e. The molecule has 128 valence electrons. The molecule has 1 aromatic carbocycles. The predicted octanol–water partition coefficient (Wildman–Crippen LogP) is 3.41. The van der Waals surface area contributed by atoms with Gasteiger partial charge in [-0.05, 0) is 25.5 Å². The molecule has 6 nitrogen and oxygen atoms in total. The van der Waals surface area contributed by atoms with Gasteiger partial charge in [0.25, 0.3) is 5.91 Å². The molecule has 0 aliphatic carbocycles. The molecule has 0 saturated carbocycles. The summed E-state index contributed by atoms with van der Waals surface area (Å²) in [4.78, 5) is 22.8. The monoisotopic (exact) mass is 328 g/mol. The standard InChI is InChI=1S/C18H24N4O2/c1-5-6-10-22(3)18(23)16-12-17(20-13(2)19-16)21-14-8-7-9-15(11-14)24-4/h7-9,11-12H,5-6,10H2,1-4H3,(H,19,20,21). The Morgan fingerprint density at radius 2 is 2.08 bits per heavy atom. The maximum absolute atomic E-state index is 12.5. The first kappa shape index (κ1) is 17.7. The second-order valence-electron chi connectivity index (χ2n) is 5.62. The van der Waals surface area contributed by atoms with Crippen molar-refractivity contribution < 1.29 is 9.53 Å². The first-order valence-electron chi connectivity index (χ1n) is 8.05. The van der Waals surface area contributed by atoms with Crippen molar-refractivity contribution in [2.45, 2.75) is 26.7 Å². The highest BCUT2D eigenvalue weighted by Gasteiger charge is 2.15. The van der Waals surface area contributed by atoms with Crippen LogP contribution >= 0.6 is 0 Å². The Kier molecular flexibility index (Phi) is 6.12. The van der Waals surface area contributed by atoms with Crippen molar-refractivity contribution in [2.75, 3.05) is 26.0 Å². The van der Waals surface area contributed by atoms with Crippen molar-refractivity contribution >= 4 is 17.4 Å². The van der Waals surface area contributed by atoms with Crippen LogP contribution in [0.5, 0.6) is 5.75 Å². The van der Waals surface area contributed by atoms with Gasteiger partial charge < -0.3 is 15.0 Å². The largest absolute Gasteiger partial charge is 0.497 e. The second kappa shape index (κ2) is 8.29. The molecule has 6 heteroatoms. The van der Waals surface area contributed by atoms with Crippen LogP contribution in [-0.4, -0.2) is 41.5 Å². The molecule has 1 heterocycles. The number of nitrogens with one attached hydrogen (secondary N) is 1. The van der Waals surface area contributed by atoms with Gasteiger partial charge in [0, 0.05) is 31.4 Å². The van der Waals surface area contributed by atoms with Gasteiger partial charge >= 0.3 is 0 Å². The average Bonchev–Trinajstić information content (AvgIpc) is 2.58. The third-order valence-electron chi connectivity index (χ3n) is 3.59. The van der Waals surface area contributed by atoms with Gasteiger partial charge in [0.05, 0.1) is 7.11 Å². The Morgan fingerprint density at radius 3 is 2.79 bits per heavy atom. The van der Waals surface area contributed by atoms with E-state index >= 15 is 0 Å². The smallest absolute Gasteiger partial charge is 0.272 e. The van der Waals surface area contributed by atoms with Crippen LogP contribution < -0.4 is 10.1 Å². The number of carbonyl (C=O) groups excluding carboxylic acids is 1. The molecular weight excluding hydrogens is 304 g/mol. The minimum atomic E-state index is -0.0948. The number of anilines is 2. The van der Waals surface area contributed by atoms with Crippen LogP contribution in [0.1, 0.15) is 36.1 Å². The van der Waals surface area contributed by atoms with Crippen LogP contribution in [0.3, 0.4) is 0 Å². The summed E-state index contributed by atoms with van der Waals surface area (Å²) in [5, 5.41) is 3.19. The van der Waals surface area contributed by atoms with E-state index < -0.39 is 0 Å². The normalized spacial score (nSPS) is 10.3. The third kappa shape index (κ3) is 4.68. The summed E-state index contributed by atoms with van der Waals surface area (Å²) in [6.07, 6.45) is 2.02. The zero-order valence-corrected chi connectivity index (χ0v) is 14.7. The summed E-state index contributed by atoms with van der Waals surface area (Å²) >= 11 is 0. The number of aryl methyl sites for hydroxylation is 1.